The number of allylic oxidation sites excluding steroid dienone is 2. The molecule has 0 bridgehead atoms. The van der Waals surface area contributed by atoms with Gasteiger partial charge in [0.15, 0.2) is 0 Å². The molecule has 0 saturated heterocycles. The number of rotatable bonds is 1. The number of nitrogens with one attached hydrogen (secondary N) is 1. The molecule has 1 unspecified atom stereocenters. The molecule has 1 N–H and O–H groups in total. The lowest BCUT2D eigenvalue weighted by molar-refractivity contribution is 0.706. The van der Waals surface area contributed by atoms with Crippen molar-refractivity contribution in [2.75, 3.05) is 0 Å². The third-order valence-corrected chi connectivity index (χ3v) is 3.96. The summed E-state index contributed by atoms with van der Waals surface area (Å²) in [4.78, 5) is 4.63. The average molecular weight is 284 g/mol. The second-order valence-electron chi connectivity index (χ2n) is 5.41. The van der Waals surface area contributed by atoms with Crippen molar-refractivity contribution in [1.82, 2.24) is 5.32 Å². The molecule has 2 heteroatoms. The van der Waals surface area contributed by atoms with E-state index >= 15 is 0 Å². The van der Waals surface area contributed by atoms with Crippen molar-refractivity contribution in [3.05, 3.63) is 106 Å². The fourth-order valence-corrected chi connectivity index (χ4v) is 2.76. The van der Waals surface area contributed by atoms with Gasteiger partial charge in [-0.2, -0.15) is 0 Å². The molecular formula is C20H16N2. The summed E-state index contributed by atoms with van der Waals surface area (Å²) in [5.41, 5.74) is 3.47. The zero-order valence-electron chi connectivity index (χ0n) is 12.1. The topological polar surface area (TPSA) is 24.4 Å². The minimum atomic E-state index is 0.189. The smallest absolute Gasteiger partial charge is 0.0702 e. The van der Waals surface area contributed by atoms with Gasteiger partial charge in [-0.3, -0.25) is 4.99 Å². The number of fused-ring (bicyclic) bond motifs is 2. The number of benzene rings is 2. The van der Waals surface area contributed by atoms with Crippen molar-refractivity contribution in [3.63, 3.8) is 0 Å². The molecule has 2 aliphatic heterocycles. The van der Waals surface area contributed by atoms with Crippen LogP contribution in [0.1, 0.15) is 11.6 Å². The Labute approximate surface area is 129 Å². The minimum absolute atomic E-state index is 0.189. The minimum Gasteiger partial charge on any atom is -0.373 e. The Morgan fingerprint density at radius 3 is 2.59 bits per heavy atom. The zero-order chi connectivity index (χ0) is 14.8. The molecular weight excluding hydrogens is 268 g/mol. The molecule has 0 radical (unpaired) electrons. The van der Waals surface area contributed by atoms with Gasteiger partial charge < -0.3 is 5.32 Å². The molecule has 106 valence electrons. The van der Waals surface area contributed by atoms with E-state index in [0.29, 0.717) is 0 Å². The molecule has 0 aliphatic carbocycles. The maximum Gasteiger partial charge on any atom is 0.0702 e. The van der Waals surface area contributed by atoms with E-state index < -0.39 is 0 Å². The Kier molecular flexibility index (Phi) is 3.20. The first-order valence-electron chi connectivity index (χ1n) is 7.45. The van der Waals surface area contributed by atoms with Gasteiger partial charge in [0.25, 0.3) is 0 Å². The molecule has 0 aromatic heterocycles. The molecule has 0 amide bonds. The quantitative estimate of drug-likeness (QED) is 0.855. The molecule has 2 aromatic rings. The molecule has 0 spiro atoms. The van der Waals surface area contributed by atoms with Crippen molar-refractivity contribution < 1.29 is 0 Å². The fraction of sp³-hybridized carbons (Fsp3) is 0.0500. The highest BCUT2D eigenvalue weighted by Gasteiger charge is 2.15. The monoisotopic (exact) mass is 284 g/mol. The molecule has 0 saturated carbocycles. The molecule has 4 rings (SSSR count). The largest absolute Gasteiger partial charge is 0.373 e. The maximum atomic E-state index is 4.63. The molecule has 0 fully saturated rings. The highest BCUT2D eigenvalue weighted by Crippen LogP contribution is 2.25. The number of nitrogens with zero attached hydrogens (tertiary/aromatic N) is 1. The Morgan fingerprint density at radius 1 is 0.864 bits per heavy atom. The molecule has 2 aromatic carbocycles. The van der Waals surface area contributed by atoms with Crippen LogP contribution in [0.3, 0.4) is 0 Å². The Balaban J connectivity index is 1.77. The van der Waals surface area contributed by atoms with Crippen LogP contribution >= 0.6 is 0 Å². The number of para-hydroxylation sites is 1. The summed E-state index contributed by atoms with van der Waals surface area (Å²) in [6, 6.07) is 18.8. The molecule has 2 nitrogen and oxygen atoms in total. The second kappa shape index (κ2) is 5.49. The lowest BCUT2D eigenvalue weighted by Crippen LogP contribution is -2.27. The van der Waals surface area contributed by atoms with E-state index in [1.165, 1.54) is 5.56 Å². The Bertz CT molecular complexity index is 902. The van der Waals surface area contributed by atoms with E-state index in [9.17, 15) is 0 Å². The van der Waals surface area contributed by atoms with Gasteiger partial charge in [0, 0.05) is 5.22 Å². The van der Waals surface area contributed by atoms with Crippen molar-refractivity contribution in [2.24, 2.45) is 4.99 Å². The van der Waals surface area contributed by atoms with E-state index in [-0.39, 0.29) is 6.04 Å². The van der Waals surface area contributed by atoms with Crippen LogP contribution in [-0.4, -0.2) is 0 Å². The summed E-state index contributed by atoms with van der Waals surface area (Å²) in [5.74, 6) is 0. The van der Waals surface area contributed by atoms with Gasteiger partial charge in [0.05, 0.1) is 23.3 Å². The first-order valence-corrected chi connectivity index (χ1v) is 7.45. The summed E-state index contributed by atoms with van der Waals surface area (Å²) >= 11 is 0. The Hall–Kier alpha value is -2.87. The van der Waals surface area contributed by atoms with Crippen molar-refractivity contribution in [3.8, 4) is 0 Å². The van der Waals surface area contributed by atoms with E-state index in [2.05, 4.69) is 64.9 Å². The van der Waals surface area contributed by atoms with Gasteiger partial charge in [-0.05, 0) is 17.2 Å². The number of hydrogen-bond donors (Lipinski definition) is 1. The standard InChI is InChI=1S/C20H16N2/c1-2-6-15(7-3-1)19-13-12-17-11-10-16-8-4-5-9-18(16)21-14-20(17)22-19/h1-14,19,22H. The summed E-state index contributed by atoms with van der Waals surface area (Å²) in [7, 11) is 0. The van der Waals surface area contributed by atoms with Crippen LogP contribution in [0.5, 0.6) is 0 Å². The summed E-state index contributed by atoms with van der Waals surface area (Å²) in [5, 5.41) is 5.70. The zero-order valence-corrected chi connectivity index (χ0v) is 12.1. The predicted molar refractivity (Wildman–Crippen MR) is 89.3 cm³/mol. The Morgan fingerprint density at radius 2 is 1.68 bits per heavy atom. The van der Waals surface area contributed by atoms with Gasteiger partial charge in [-0.1, -0.05) is 72.8 Å². The summed E-state index contributed by atoms with van der Waals surface area (Å²) < 4.78 is 0. The number of hydrogen-bond acceptors (Lipinski definition) is 2. The van der Waals surface area contributed by atoms with Crippen LogP contribution in [0.25, 0.3) is 6.08 Å². The van der Waals surface area contributed by atoms with E-state index in [1.807, 2.05) is 30.5 Å². The van der Waals surface area contributed by atoms with Gasteiger partial charge in [0.1, 0.15) is 0 Å². The van der Waals surface area contributed by atoms with Gasteiger partial charge in [-0.25, -0.2) is 0 Å². The third kappa shape index (κ3) is 2.40. The molecule has 2 heterocycles. The molecule has 2 aliphatic rings. The average Bonchev–Trinajstić information content (AvgIpc) is 2.58. The first kappa shape index (κ1) is 12.8. The maximum absolute atomic E-state index is 4.63. The third-order valence-electron chi connectivity index (χ3n) is 3.96. The lowest BCUT2D eigenvalue weighted by atomic mass is 9.99. The highest BCUT2D eigenvalue weighted by molar-refractivity contribution is 5.53. The molecule has 22 heavy (non-hydrogen) atoms. The summed E-state index contributed by atoms with van der Waals surface area (Å²) in [6.45, 7) is 0. The van der Waals surface area contributed by atoms with Crippen molar-refractivity contribution in [1.29, 1.82) is 0 Å². The van der Waals surface area contributed by atoms with Crippen molar-refractivity contribution >= 4 is 6.08 Å². The first-order chi connectivity index (χ1) is 10.9. The predicted octanol–water partition coefficient (Wildman–Crippen LogP) is 2.77. The van der Waals surface area contributed by atoms with Crippen LogP contribution in [0.4, 0.5) is 0 Å². The highest BCUT2D eigenvalue weighted by atomic mass is 14.9. The normalized spacial score (nSPS) is 19.0. The van der Waals surface area contributed by atoms with E-state index in [4.69, 9.17) is 0 Å². The van der Waals surface area contributed by atoms with Gasteiger partial charge >= 0.3 is 0 Å². The van der Waals surface area contributed by atoms with Crippen LogP contribution in [-0.2, 0) is 0 Å². The van der Waals surface area contributed by atoms with Gasteiger partial charge in [-0.15, -0.1) is 0 Å². The van der Waals surface area contributed by atoms with Crippen LogP contribution < -0.4 is 15.9 Å². The van der Waals surface area contributed by atoms with Crippen LogP contribution in [0.15, 0.2) is 95.3 Å². The second-order valence-corrected chi connectivity index (χ2v) is 5.41. The van der Waals surface area contributed by atoms with E-state index in [1.54, 1.807) is 0 Å². The van der Waals surface area contributed by atoms with Crippen molar-refractivity contribution in [2.45, 2.75) is 6.04 Å². The van der Waals surface area contributed by atoms with Gasteiger partial charge in [0.2, 0.25) is 0 Å². The fourth-order valence-electron chi connectivity index (χ4n) is 2.76. The van der Waals surface area contributed by atoms with Crippen LogP contribution in [0, 0.1) is 0 Å². The SMILES string of the molecule is C1=CC(c2ccccc2)NC2=CN=c3ccccc3=CC=C12. The van der Waals surface area contributed by atoms with Crippen LogP contribution in [0.2, 0.25) is 0 Å². The molecule has 1 atom stereocenters. The summed E-state index contributed by atoms with van der Waals surface area (Å²) in [6.07, 6.45) is 10.6. The van der Waals surface area contributed by atoms with E-state index in [0.717, 1.165) is 21.8 Å². The lowest BCUT2D eigenvalue weighted by Gasteiger charge is -2.24.